The number of rotatable bonds is 2. The minimum absolute atomic E-state index is 0.000577. The SMILES string of the molecule is O=C1CN(Cc2ccc(Cl)nc2)c2ccccc2N1. The van der Waals surface area contributed by atoms with Crippen LogP contribution in [0.4, 0.5) is 11.4 Å². The maximum Gasteiger partial charge on any atom is 0.243 e. The van der Waals surface area contributed by atoms with Crippen molar-refractivity contribution < 1.29 is 4.79 Å². The molecule has 1 aromatic carbocycles. The summed E-state index contributed by atoms with van der Waals surface area (Å²) in [6.07, 6.45) is 1.73. The van der Waals surface area contributed by atoms with Gasteiger partial charge in [-0.15, -0.1) is 0 Å². The van der Waals surface area contributed by atoms with E-state index in [2.05, 4.69) is 10.3 Å². The molecule has 0 bridgehead atoms. The highest BCUT2D eigenvalue weighted by Gasteiger charge is 2.21. The fourth-order valence-electron chi connectivity index (χ4n) is 2.16. The Morgan fingerprint density at radius 2 is 2.11 bits per heavy atom. The Morgan fingerprint density at radius 3 is 2.89 bits per heavy atom. The van der Waals surface area contributed by atoms with Gasteiger partial charge in [-0.3, -0.25) is 4.79 Å². The minimum atomic E-state index is 0.000577. The Hall–Kier alpha value is -2.07. The number of fused-ring (bicyclic) bond motifs is 1. The minimum Gasteiger partial charge on any atom is -0.356 e. The Bertz CT molecular complexity index is 612. The van der Waals surface area contributed by atoms with Crippen molar-refractivity contribution in [3.8, 4) is 0 Å². The number of carbonyl (C=O) groups excluding carboxylic acids is 1. The van der Waals surface area contributed by atoms with Gasteiger partial charge in [-0.1, -0.05) is 29.8 Å². The van der Waals surface area contributed by atoms with E-state index in [1.165, 1.54) is 0 Å². The molecular weight excluding hydrogens is 262 g/mol. The van der Waals surface area contributed by atoms with Gasteiger partial charge in [-0.05, 0) is 23.8 Å². The van der Waals surface area contributed by atoms with E-state index in [-0.39, 0.29) is 5.91 Å². The molecule has 0 fully saturated rings. The number of anilines is 2. The average molecular weight is 274 g/mol. The summed E-state index contributed by atoms with van der Waals surface area (Å²) >= 11 is 5.77. The van der Waals surface area contributed by atoms with E-state index in [4.69, 9.17) is 11.6 Å². The third-order valence-electron chi connectivity index (χ3n) is 3.02. The molecule has 0 saturated heterocycles. The van der Waals surface area contributed by atoms with Crippen molar-refractivity contribution in [2.45, 2.75) is 6.54 Å². The second kappa shape index (κ2) is 4.90. The predicted molar refractivity (Wildman–Crippen MR) is 75.4 cm³/mol. The van der Waals surface area contributed by atoms with Gasteiger partial charge in [0, 0.05) is 12.7 Å². The molecule has 1 N–H and O–H groups in total. The van der Waals surface area contributed by atoms with Gasteiger partial charge in [-0.25, -0.2) is 4.98 Å². The molecule has 1 aliphatic heterocycles. The Balaban J connectivity index is 1.89. The zero-order valence-electron chi connectivity index (χ0n) is 10.1. The fourth-order valence-corrected chi connectivity index (χ4v) is 2.28. The number of aromatic nitrogens is 1. The van der Waals surface area contributed by atoms with Gasteiger partial charge in [0.05, 0.1) is 17.9 Å². The molecule has 4 nitrogen and oxygen atoms in total. The van der Waals surface area contributed by atoms with E-state index in [0.29, 0.717) is 18.2 Å². The molecule has 96 valence electrons. The average Bonchev–Trinajstić information content (AvgIpc) is 2.41. The van der Waals surface area contributed by atoms with Crippen LogP contribution in [0.5, 0.6) is 0 Å². The number of nitrogens with one attached hydrogen (secondary N) is 1. The molecule has 19 heavy (non-hydrogen) atoms. The van der Waals surface area contributed by atoms with Crippen molar-refractivity contribution in [1.82, 2.24) is 4.98 Å². The number of benzene rings is 1. The summed E-state index contributed by atoms with van der Waals surface area (Å²) in [5.41, 5.74) is 2.90. The first-order chi connectivity index (χ1) is 9.22. The number of para-hydroxylation sites is 2. The maximum absolute atomic E-state index is 11.7. The third-order valence-corrected chi connectivity index (χ3v) is 3.24. The number of pyridine rings is 1. The summed E-state index contributed by atoms with van der Waals surface area (Å²) in [5, 5.41) is 3.34. The van der Waals surface area contributed by atoms with Gasteiger partial charge in [0.2, 0.25) is 5.91 Å². The van der Waals surface area contributed by atoms with Crippen LogP contribution in [0.3, 0.4) is 0 Å². The molecule has 1 amide bonds. The standard InChI is InChI=1S/C14H12ClN3O/c15-13-6-5-10(7-16-13)8-18-9-14(19)17-11-3-1-2-4-12(11)18/h1-7H,8-9H2,(H,17,19). The molecule has 0 spiro atoms. The van der Waals surface area contributed by atoms with Crippen LogP contribution in [0, 0.1) is 0 Å². The largest absolute Gasteiger partial charge is 0.356 e. The molecule has 3 rings (SSSR count). The van der Waals surface area contributed by atoms with Crippen molar-refractivity contribution in [3.63, 3.8) is 0 Å². The summed E-state index contributed by atoms with van der Waals surface area (Å²) in [7, 11) is 0. The van der Waals surface area contributed by atoms with Crippen LogP contribution in [0.2, 0.25) is 5.15 Å². The fraction of sp³-hybridized carbons (Fsp3) is 0.143. The van der Waals surface area contributed by atoms with E-state index in [1.54, 1.807) is 12.3 Å². The molecule has 5 heteroatoms. The molecule has 0 saturated carbocycles. The van der Waals surface area contributed by atoms with E-state index in [1.807, 2.05) is 35.2 Å². The normalized spacial score (nSPS) is 13.9. The Kier molecular flexibility index (Phi) is 3.09. The third kappa shape index (κ3) is 2.53. The van der Waals surface area contributed by atoms with Crippen LogP contribution >= 0.6 is 11.6 Å². The molecule has 0 radical (unpaired) electrons. The van der Waals surface area contributed by atoms with Crippen LogP contribution in [0.1, 0.15) is 5.56 Å². The number of amides is 1. The van der Waals surface area contributed by atoms with Crippen LogP contribution in [-0.4, -0.2) is 17.4 Å². The lowest BCUT2D eigenvalue weighted by Crippen LogP contribution is -2.37. The number of hydrogen-bond donors (Lipinski definition) is 1. The van der Waals surface area contributed by atoms with Crippen molar-refractivity contribution in [2.24, 2.45) is 0 Å². The Morgan fingerprint density at radius 1 is 1.26 bits per heavy atom. The number of hydrogen-bond acceptors (Lipinski definition) is 3. The van der Waals surface area contributed by atoms with Crippen LogP contribution in [-0.2, 0) is 11.3 Å². The summed E-state index contributed by atoms with van der Waals surface area (Å²) in [5.74, 6) is 0.000577. The number of carbonyl (C=O) groups is 1. The van der Waals surface area contributed by atoms with Crippen LogP contribution in [0.15, 0.2) is 42.6 Å². The maximum atomic E-state index is 11.7. The lowest BCUT2D eigenvalue weighted by Gasteiger charge is -2.30. The highest BCUT2D eigenvalue weighted by molar-refractivity contribution is 6.29. The van der Waals surface area contributed by atoms with E-state index in [9.17, 15) is 4.79 Å². The number of nitrogens with zero attached hydrogens (tertiary/aromatic N) is 2. The van der Waals surface area contributed by atoms with Crippen LogP contribution < -0.4 is 10.2 Å². The second-order valence-corrected chi connectivity index (χ2v) is 4.80. The molecule has 0 unspecified atom stereocenters. The molecule has 0 atom stereocenters. The van der Waals surface area contributed by atoms with Gasteiger partial charge in [0.25, 0.3) is 0 Å². The summed E-state index contributed by atoms with van der Waals surface area (Å²) in [6, 6.07) is 11.4. The van der Waals surface area contributed by atoms with E-state index >= 15 is 0 Å². The van der Waals surface area contributed by atoms with Gasteiger partial charge in [0.1, 0.15) is 5.15 Å². The molecule has 2 heterocycles. The first-order valence-electron chi connectivity index (χ1n) is 5.96. The molecule has 1 aliphatic rings. The van der Waals surface area contributed by atoms with E-state index < -0.39 is 0 Å². The van der Waals surface area contributed by atoms with Crippen molar-refractivity contribution >= 4 is 28.9 Å². The van der Waals surface area contributed by atoms with Crippen molar-refractivity contribution in [2.75, 3.05) is 16.8 Å². The zero-order valence-corrected chi connectivity index (χ0v) is 10.9. The monoisotopic (exact) mass is 273 g/mol. The lowest BCUT2D eigenvalue weighted by molar-refractivity contribution is -0.115. The first kappa shape index (κ1) is 12.0. The van der Waals surface area contributed by atoms with Gasteiger partial charge >= 0.3 is 0 Å². The van der Waals surface area contributed by atoms with Crippen molar-refractivity contribution in [3.05, 3.63) is 53.3 Å². The van der Waals surface area contributed by atoms with Gasteiger partial charge < -0.3 is 10.2 Å². The highest BCUT2D eigenvalue weighted by atomic mass is 35.5. The van der Waals surface area contributed by atoms with Crippen LogP contribution in [0.25, 0.3) is 0 Å². The summed E-state index contributed by atoms with van der Waals surface area (Å²) in [4.78, 5) is 17.8. The quantitative estimate of drug-likeness (QED) is 0.856. The van der Waals surface area contributed by atoms with Gasteiger partial charge in [0.15, 0.2) is 0 Å². The summed E-state index contributed by atoms with van der Waals surface area (Å²) in [6.45, 7) is 0.980. The smallest absolute Gasteiger partial charge is 0.243 e. The molecule has 1 aromatic heterocycles. The molecule has 2 aromatic rings. The second-order valence-electron chi connectivity index (χ2n) is 4.41. The Labute approximate surface area is 116 Å². The van der Waals surface area contributed by atoms with Crippen molar-refractivity contribution in [1.29, 1.82) is 0 Å². The predicted octanol–water partition coefficient (Wildman–Crippen LogP) is 2.69. The highest BCUT2D eigenvalue weighted by Crippen LogP contribution is 2.29. The molecular formula is C14H12ClN3O. The van der Waals surface area contributed by atoms with Gasteiger partial charge in [-0.2, -0.15) is 0 Å². The zero-order chi connectivity index (χ0) is 13.2. The topological polar surface area (TPSA) is 45.2 Å². The number of halogens is 1. The molecule has 0 aliphatic carbocycles. The first-order valence-corrected chi connectivity index (χ1v) is 6.34. The van der Waals surface area contributed by atoms with E-state index in [0.717, 1.165) is 16.9 Å². The summed E-state index contributed by atoms with van der Waals surface area (Å²) < 4.78 is 0. The lowest BCUT2D eigenvalue weighted by atomic mass is 10.1.